The lowest BCUT2D eigenvalue weighted by Crippen LogP contribution is -2.15. The third-order valence-electron chi connectivity index (χ3n) is 2.62. The van der Waals surface area contributed by atoms with E-state index in [1.54, 1.807) is 0 Å². The van der Waals surface area contributed by atoms with E-state index in [1.165, 1.54) is 18.2 Å². The molecule has 0 saturated heterocycles. The first-order valence-electron chi connectivity index (χ1n) is 5.34. The van der Waals surface area contributed by atoms with Crippen LogP contribution < -0.4 is 0 Å². The molecule has 0 aliphatic heterocycles. The topological polar surface area (TPSA) is 33.0 Å². The maximum absolute atomic E-state index is 13.4. The van der Waals surface area contributed by atoms with Crippen LogP contribution in [0.2, 0.25) is 0 Å². The monoisotopic (exact) mass is 221 g/mol. The van der Waals surface area contributed by atoms with Gasteiger partial charge in [-0.05, 0) is 31.0 Å². The maximum Gasteiger partial charge on any atom is 0.128 e. The van der Waals surface area contributed by atoms with Crippen LogP contribution in [0.15, 0.2) is 18.2 Å². The molecule has 0 aromatic heterocycles. The third kappa shape index (κ3) is 3.32. The van der Waals surface area contributed by atoms with Gasteiger partial charge in [-0.25, -0.2) is 4.39 Å². The first-order chi connectivity index (χ1) is 7.54. The van der Waals surface area contributed by atoms with Crippen LogP contribution in [0.1, 0.15) is 31.9 Å². The highest BCUT2D eigenvalue weighted by Gasteiger charge is 2.09. The average molecular weight is 221 g/mol. The Morgan fingerprint density at radius 3 is 2.62 bits per heavy atom. The lowest BCUT2D eigenvalue weighted by molar-refractivity contribution is 0.0221. The first kappa shape index (κ1) is 12.7. The predicted molar refractivity (Wildman–Crippen MR) is 60.2 cm³/mol. The van der Waals surface area contributed by atoms with Crippen LogP contribution in [0.5, 0.6) is 0 Å². The van der Waals surface area contributed by atoms with Gasteiger partial charge in [-0.15, -0.1) is 0 Å². The molecule has 0 saturated carbocycles. The Morgan fingerprint density at radius 1 is 1.38 bits per heavy atom. The zero-order valence-corrected chi connectivity index (χ0v) is 9.83. The van der Waals surface area contributed by atoms with Gasteiger partial charge in [-0.3, -0.25) is 0 Å². The van der Waals surface area contributed by atoms with Crippen molar-refractivity contribution < 1.29 is 9.13 Å². The Kier molecular flexibility index (Phi) is 4.45. The van der Waals surface area contributed by atoms with Crippen molar-refractivity contribution in [1.82, 2.24) is 0 Å². The summed E-state index contributed by atoms with van der Waals surface area (Å²) in [6.07, 6.45) is 0.0742. The quantitative estimate of drug-likeness (QED) is 0.781. The van der Waals surface area contributed by atoms with Crippen molar-refractivity contribution in [2.75, 3.05) is 0 Å². The second-order valence-corrected chi connectivity index (χ2v) is 4.18. The molecule has 3 heteroatoms. The van der Waals surface area contributed by atoms with E-state index < -0.39 is 0 Å². The minimum Gasteiger partial charge on any atom is -0.373 e. The lowest BCUT2D eigenvalue weighted by atomic mass is 10.1. The third-order valence-corrected chi connectivity index (χ3v) is 2.62. The fourth-order valence-electron chi connectivity index (χ4n) is 1.17. The summed E-state index contributed by atoms with van der Waals surface area (Å²) in [6.45, 7) is 6.26. The smallest absolute Gasteiger partial charge is 0.128 e. The zero-order chi connectivity index (χ0) is 12.1. The molecule has 0 N–H and O–H groups in total. The van der Waals surface area contributed by atoms with Crippen LogP contribution in [0.3, 0.4) is 0 Å². The molecule has 0 amide bonds. The average Bonchev–Trinajstić information content (AvgIpc) is 2.27. The summed E-state index contributed by atoms with van der Waals surface area (Å²) >= 11 is 0. The van der Waals surface area contributed by atoms with Crippen LogP contribution >= 0.6 is 0 Å². The Hall–Kier alpha value is -1.40. The Balaban J connectivity index is 2.70. The molecule has 1 aromatic rings. The Labute approximate surface area is 95.7 Å². The summed E-state index contributed by atoms with van der Waals surface area (Å²) in [5.41, 5.74) is 0.892. The van der Waals surface area contributed by atoms with E-state index in [9.17, 15) is 4.39 Å². The van der Waals surface area contributed by atoms with Crippen molar-refractivity contribution >= 4 is 0 Å². The molecule has 86 valence electrons. The molecule has 1 atom stereocenters. The standard InChI is InChI=1S/C13H16FNO/c1-9(2)10(3)16-8-12-6-11(7-15)4-5-13(12)14/h4-6,9-10H,8H2,1-3H3. The highest BCUT2D eigenvalue weighted by Crippen LogP contribution is 2.14. The van der Waals surface area contributed by atoms with Gasteiger partial charge in [0.05, 0.1) is 24.3 Å². The van der Waals surface area contributed by atoms with Gasteiger partial charge >= 0.3 is 0 Å². The Morgan fingerprint density at radius 2 is 2.06 bits per heavy atom. The van der Waals surface area contributed by atoms with Gasteiger partial charge in [0.25, 0.3) is 0 Å². The zero-order valence-electron chi connectivity index (χ0n) is 9.83. The Bertz CT molecular complexity index is 395. The van der Waals surface area contributed by atoms with Crippen molar-refractivity contribution in [3.63, 3.8) is 0 Å². The van der Waals surface area contributed by atoms with E-state index in [4.69, 9.17) is 10.00 Å². The van der Waals surface area contributed by atoms with Crippen LogP contribution in [-0.2, 0) is 11.3 Å². The minimum absolute atomic E-state index is 0.0742. The van der Waals surface area contributed by atoms with Crippen molar-refractivity contribution in [3.05, 3.63) is 35.1 Å². The van der Waals surface area contributed by atoms with Crippen molar-refractivity contribution in [2.24, 2.45) is 5.92 Å². The fraction of sp³-hybridized carbons (Fsp3) is 0.462. The molecule has 0 heterocycles. The molecular weight excluding hydrogens is 205 g/mol. The van der Waals surface area contributed by atoms with E-state index in [-0.39, 0.29) is 18.5 Å². The molecule has 2 nitrogen and oxygen atoms in total. The van der Waals surface area contributed by atoms with E-state index in [1.807, 2.05) is 26.8 Å². The number of ether oxygens (including phenoxy) is 1. The van der Waals surface area contributed by atoms with Crippen molar-refractivity contribution in [1.29, 1.82) is 5.26 Å². The summed E-state index contributed by atoms with van der Waals surface area (Å²) in [5.74, 6) is 0.0668. The number of nitriles is 1. The molecule has 1 rings (SSSR count). The van der Waals surface area contributed by atoms with Gasteiger partial charge in [0.2, 0.25) is 0 Å². The molecule has 0 radical (unpaired) electrons. The number of hydrogen-bond donors (Lipinski definition) is 0. The van der Waals surface area contributed by atoms with Gasteiger partial charge in [0.1, 0.15) is 5.82 Å². The van der Waals surface area contributed by atoms with E-state index in [2.05, 4.69) is 0 Å². The highest BCUT2D eigenvalue weighted by atomic mass is 19.1. The lowest BCUT2D eigenvalue weighted by Gasteiger charge is -2.16. The normalized spacial score (nSPS) is 12.5. The van der Waals surface area contributed by atoms with E-state index in [0.717, 1.165) is 0 Å². The number of rotatable bonds is 4. The number of halogens is 1. The van der Waals surface area contributed by atoms with Crippen molar-refractivity contribution in [3.8, 4) is 6.07 Å². The van der Waals surface area contributed by atoms with Gasteiger partial charge in [0.15, 0.2) is 0 Å². The summed E-state index contributed by atoms with van der Waals surface area (Å²) < 4.78 is 18.9. The number of hydrogen-bond acceptors (Lipinski definition) is 2. The largest absolute Gasteiger partial charge is 0.373 e. The summed E-state index contributed by atoms with van der Waals surface area (Å²) in [4.78, 5) is 0. The second kappa shape index (κ2) is 5.62. The molecule has 16 heavy (non-hydrogen) atoms. The molecule has 0 aliphatic rings. The minimum atomic E-state index is -0.324. The van der Waals surface area contributed by atoms with Crippen LogP contribution in [0, 0.1) is 23.1 Å². The van der Waals surface area contributed by atoms with Crippen LogP contribution in [0.4, 0.5) is 4.39 Å². The van der Waals surface area contributed by atoms with Crippen LogP contribution in [-0.4, -0.2) is 6.10 Å². The molecule has 1 aromatic carbocycles. The van der Waals surface area contributed by atoms with Crippen LogP contribution in [0.25, 0.3) is 0 Å². The fourth-order valence-corrected chi connectivity index (χ4v) is 1.17. The van der Waals surface area contributed by atoms with Gasteiger partial charge in [0, 0.05) is 5.56 Å². The van der Waals surface area contributed by atoms with Gasteiger partial charge in [-0.1, -0.05) is 13.8 Å². The molecule has 1 unspecified atom stereocenters. The molecule has 0 bridgehead atoms. The van der Waals surface area contributed by atoms with E-state index >= 15 is 0 Å². The van der Waals surface area contributed by atoms with Crippen molar-refractivity contribution in [2.45, 2.75) is 33.5 Å². The predicted octanol–water partition coefficient (Wildman–Crippen LogP) is 3.26. The summed E-state index contributed by atoms with van der Waals surface area (Å²) in [7, 11) is 0. The summed E-state index contributed by atoms with van der Waals surface area (Å²) in [6, 6.07) is 6.28. The SMILES string of the molecule is CC(C)C(C)OCc1cc(C#N)ccc1F. The van der Waals surface area contributed by atoms with Gasteiger partial charge < -0.3 is 4.74 Å². The maximum atomic E-state index is 13.4. The first-order valence-corrected chi connectivity index (χ1v) is 5.34. The molecular formula is C13H16FNO. The number of benzene rings is 1. The summed E-state index contributed by atoms with van der Waals surface area (Å²) in [5, 5.41) is 8.71. The van der Waals surface area contributed by atoms with Gasteiger partial charge in [-0.2, -0.15) is 5.26 Å². The number of nitrogens with zero attached hydrogens (tertiary/aromatic N) is 1. The molecule has 0 spiro atoms. The molecule has 0 aliphatic carbocycles. The molecule has 0 fully saturated rings. The second-order valence-electron chi connectivity index (χ2n) is 4.18. The highest BCUT2D eigenvalue weighted by molar-refractivity contribution is 5.33. The van der Waals surface area contributed by atoms with E-state index in [0.29, 0.717) is 17.0 Å².